The number of aromatic nitrogens is 1. The van der Waals surface area contributed by atoms with Crippen LogP contribution in [0.5, 0.6) is 0 Å². The van der Waals surface area contributed by atoms with Crippen molar-refractivity contribution in [2.45, 2.75) is 4.90 Å². The maximum atomic E-state index is 14.0. The molecule has 20 heavy (non-hydrogen) atoms. The van der Waals surface area contributed by atoms with Crippen LogP contribution >= 0.6 is 27.5 Å². The first-order valence-corrected chi connectivity index (χ1v) is 7.85. The Hall–Kier alpha value is -1.38. The summed E-state index contributed by atoms with van der Waals surface area (Å²) in [6.07, 6.45) is 1.40. The summed E-state index contributed by atoms with van der Waals surface area (Å²) in [6, 6.07) is 5.61. The average Bonchev–Trinajstić information content (AvgIpc) is 2.41. The van der Waals surface area contributed by atoms with Crippen LogP contribution in [0.15, 0.2) is 39.8 Å². The second-order valence-electron chi connectivity index (χ2n) is 3.72. The summed E-state index contributed by atoms with van der Waals surface area (Å²) in [5.41, 5.74) is 5.08. The molecule has 0 aliphatic heterocycles. The van der Waals surface area contributed by atoms with Gasteiger partial charge in [-0.05, 0) is 34.1 Å². The lowest BCUT2D eigenvalue weighted by atomic mass is 10.3. The number of hydrogen-bond donors (Lipinski definition) is 2. The van der Waals surface area contributed by atoms with Crippen molar-refractivity contribution in [3.05, 3.63) is 45.8 Å². The van der Waals surface area contributed by atoms with E-state index >= 15 is 0 Å². The summed E-state index contributed by atoms with van der Waals surface area (Å²) in [5.74, 6) is -1.02. The summed E-state index contributed by atoms with van der Waals surface area (Å²) in [4.78, 5) is 3.15. The molecule has 0 radical (unpaired) electrons. The molecule has 0 saturated heterocycles. The number of nitrogen functional groups attached to an aromatic ring is 1. The number of rotatable bonds is 3. The van der Waals surface area contributed by atoms with Crippen LogP contribution in [0.3, 0.4) is 0 Å². The lowest BCUT2D eigenvalue weighted by Gasteiger charge is -2.11. The molecular formula is C11H8BrClFN3O2S. The molecular weight excluding hydrogens is 373 g/mol. The van der Waals surface area contributed by atoms with E-state index in [9.17, 15) is 12.8 Å². The van der Waals surface area contributed by atoms with Crippen molar-refractivity contribution in [3.8, 4) is 0 Å². The third-order valence-electron chi connectivity index (χ3n) is 2.35. The van der Waals surface area contributed by atoms with Crippen LogP contribution in [-0.4, -0.2) is 13.4 Å². The van der Waals surface area contributed by atoms with Crippen LogP contribution in [0.2, 0.25) is 5.02 Å². The maximum Gasteiger partial charge on any atom is 0.266 e. The summed E-state index contributed by atoms with van der Waals surface area (Å²) in [5, 5.41) is -0.00899. The van der Waals surface area contributed by atoms with E-state index in [1.807, 2.05) is 0 Å². The Morgan fingerprint density at radius 1 is 1.40 bits per heavy atom. The highest BCUT2D eigenvalue weighted by Gasteiger charge is 2.24. The van der Waals surface area contributed by atoms with E-state index in [1.165, 1.54) is 12.3 Å². The van der Waals surface area contributed by atoms with Gasteiger partial charge in [-0.25, -0.2) is 17.8 Å². The number of pyridine rings is 1. The quantitative estimate of drug-likeness (QED) is 0.633. The van der Waals surface area contributed by atoms with Crippen molar-refractivity contribution in [2.24, 2.45) is 0 Å². The smallest absolute Gasteiger partial charge is 0.266 e. The van der Waals surface area contributed by atoms with E-state index in [0.29, 0.717) is 0 Å². The number of nitrogens with zero attached hydrogens (tertiary/aromatic N) is 1. The zero-order valence-corrected chi connectivity index (χ0v) is 12.9. The molecule has 0 unspecified atom stereocenters. The summed E-state index contributed by atoms with van der Waals surface area (Å²) in [7, 11) is -4.18. The molecule has 106 valence electrons. The summed E-state index contributed by atoms with van der Waals surface area (Å²) >= 11 is 8.77. The third kappa shape index (κ3) is 2.87. The first kappa shape index (κ1) is 15.0. The molecule has 0 aliphatic carbocycles. The zero-order chi connectivity index (χ0) is 14.9. The zero-order valence-electron chi connectivity index (χ0n) is 9.77. The van der Waals surface area contributed by atoms with Gasteiger partial charge in [-0.15, -0.1) is 0 Å². The van der Waals surface area contributed by atoms with Crippen LogP contribution in [-0.2, 0) is 10.0 Å². The molecule has 2 rings (SSSR count). The van der Waals surface area contributed by atoms with E-state index in [-0.39, 0.29) is 21.0 Å². The van der Waals surface area contributed by atoms with E-state index in [1.54, 1.807) is 12.1 Å². The van der Waals surface area contributed by atoms with Gasteiger partial charge in [0.15, 0.2) is 5.82 Å². The first-order chi connectivity index (χ1) is 9.33. The Morgan fingerprint density at radius 2 is 2.10 bits per heavy atom. The molecule has 9 heteroatoms. The molecule has 3 N–H and O–H groups in total. The van der Waals surface area contributed by atoms with Gasteiger partial charge in [0, 0.05) is 6.20 Å². The van der Waals surface area contributed by atoms with Gasteiger partial charge in [-0.1, -0.05) is 17.7 Å². The fourth-order valence-electron chi connectivity index (χ4n) is 1.41. The largest absolute Gasteiger partial charge is 0.395 e. The number of halogens is 3. The number of sulfonamides is 1. The van der Waals surface area contributed by atoms with Crippen molar-refractivity contribution < 1.29 is 12.8 Å². The van der Waals surface area contributed by atoms with Crippen LogP contribution in [0, 0.1) is 5.82 Å². The lowest BCUT2D eigenvalue weighted by Crippen LogP contribution is -2.16. The minimum atomic E-state index is -4.18. The van der Waals surface area contributed by atoms with Gasteiger partial charge < -0.3 is 5.73 Å². The van der Waals surface area contributed by atoms with E-state index < -0.39 is 20.7 Å². The van der Waals surface area contributed by atoms with Crippen molar-refractivity contribution in [2.75, 3.05) is 10.5 Å². The van der Waals surface area contributed by atoms with Gasteiger partial charge in [0.25, 0.3) is 10.0 Å². The Kier molecular flexibility index (Phi) is 4.17. The fourth-order valence-corrected chi connectivity index (χ4v) is 3.10. The van der Waals surface area contributed by atoms with Crippen molar-refractivity contribution in [3.63, 3.8) is 0 Å². The minimum Gasteiger partial charge on any atom is -0.395 e. The number of hydrogen-bond acceptors (Lipinski definition) is 4. The number of anilines is 2. The highest BCUT2D eigenvalue weighted by atomic mass is 79.9. The topological polar surface area (TPSA) is 85.1 Å². The molecule has 0 amide bonds. The Bertz CT molecular complexity index is 756. The van der Waals surface area contributed by atoms with E-state index in [2.05, 4.69) is 25.6 Å². The first-order valence-electron chi connectivity index (χ1n) is 5.20. The molecule has 1 aromatic heterocycles. The van der Waals surface area contributed by atoms with E-state index in [4.69, 9.17) is 17.3 Å². The Labute approximate surface area is 128 Å². The summed E-state index contributed by atoms with van der Waals surface area (Å²) < 4.78 is 40.5. The third-order valence-corrected chi connectivity index (χ3v) is 5.08. The van der Waals surface area contributed by atoms with Crippen LogP contribution < -0.4 is 10.5 Å². The minimum absolute atomic E-state index is 0.00899. The molecule has 5 nitrogen and oxygen atoms in total. The Morgan fingerprint density at radius 3 is 2.70 bits per heavy atom. The Balaban J connectivity index is 2.51. The van der Waals surface area contributed by atoms with Gasteiger partial charge in [-0.3, -0.25) is 4.72 Å². The highest BCUT2D eigenvalue weighted by molar-refractivity contribution is 9.10. The van der Waals surface area contributed by atoms with Crippen LogP contribution in [0.25, 0.3) is 0 Å². The molecule has 0 atom stereocenters. The van der Waals surface area contributed by atoms with Gasteiger partial charge in [0.1, 0.15) is 10.7 Å². The molecule has 0 aliphatic rings. The average molecular weight is 381 g/mol. The predicted octanol–water partition coefficient (Wildman–Crippen LogP) is 3.02. The maximum absolute atomic E-state index is 14.0. The molecule has 1 aromatic carbocycles. The second kappa shape index (κ2) is 5.55. The SMILES string of the molecule is Nc1c(F)c(S(=O)(=O)Nc2ccccn2)cc(Cl)c1Br. The highest BCUT2D eigenvalue weighted by Crippen LogP contribution is 2.35. The molecule has 1 heterocycles. The molecule has 0 fully saturated rings. The van der Waals surface area contributed by atoms with Crippen LogP contribution in [0.4, 0.5) is 15.9 Å². The molecule has 0 bridgehead atoms. The van der Waals surface area contributed by atoms with Crippen molar-refractivity contribution >= 4 is 49.1 Å². The fraction of sp³-hybridized carbons (Fsp3) is 0. The number of benzene rings is 1. The van der Waals surface area contributed by atoms with Gasteiger partial charge in [0.05, 0.1) is 15.2 Å². The number of nitrogens with one attached hydrogen (secondary N) is 1. The normalized spacial score (nSPS) is 11.3. The van der Waals surface area contributed by atoms with Crippen LogP contribution in [0.1, 0.15) is 0 Å². The van der Waals surface area contributed by atoms with Gasteiger partial charge >= 0.3 is 0 Å². The predicted molar refractivity (Wildman–Crippen MR) is 78.6 cm³/mol. The monoisotopic (exact) mass is 379 g/mol. The molecule has 2 aromatic rings. The van der Waals surface area contributed by atoms with Crippen molar-refractivity contribution in [1.82, 2.24) is 4.98 Å². The van der Waals surface area contributed by atoms with Gasteiger partial charge in [0.2, 0.25) is 0 Å². The molecule has 0 saturated carbocycles. The standard InChI is InChI=1S/C11H8BrClFN3O2S/c12-9-6(13)5-7(10(14)11(9)15)20(18,19)17-8-3-1-2-4-16-8/h1-5H,15H2,(H,16,17). The van der Waals surface area contributed by atoms with Crippen molar-refractivity contribution in [1.29, 1.82) is 0 Å². The molecule has 0 spiro atoms. The van der Waals surface area contributed by atoms with E-state index in [0.717, 1.165) is 6.07 Å². The lowest BCUT2D eigenvalue weighted by molar-refractivity contribution is 0.572. The number of nitrogens with two attached hydrogens (primary N) is 1. The summed E-state index contributed by atoms with van der Waals surface area (Å²) in [6.45, 7) is 0. The second-order valence-corrected chi connectivity index (χ2v) is 6.57. The van der Waals surface area contributed by atoms with Gasteiger partial charge in [-0.2, -0.15) is 0 Å².